The maximum atomic E-state index is 12.8. The van der Waals surface area contributed by atoms with Crippen molar-refractivity contribution in [3.8, 4) is 0 Å². The van der Waals surface area contributed by atoms with Crippen molar-refractivity contribution < 1.29 is 19.1 Å². The molecule has 3 heterocycles. The van der Waals surface area contributed by atoms with Crippen LogP contribution in [0.25, 0.3) is 0 Å². The van der Waals surface area contributed by atoms with Crippen molar-refractivity contribution in [2.45, 2.75) is 24.5 Å². The summed E-state index contributed by atoms with van der Waals surface area (Å²) in [5.41, 5.74) is 1.99. The maximum absolute atomic E-state index is 12.8. The third-order valence-corrected chi connectivity index (χ3v) is 6.07. The Labute approximate surface area is 162 Å². The first-order chi connectivity index (χ1) is 13.6. The van der Waals surface area contributed by atoms with E-state index in [1.54, 1.807) is 9.80 Å². The van der Waals surface area contributed by atoms with E-state index in [9.17, 15) is 14.4 Å². The molecule has 0 spiro atoms. The van der Waals surface area contributed by atoms with Gasteiger partial charge in [-0.15, -0.1) is 0 Å². The third-order valence-electron chi connectivity index (χ3n) is 6.07. The molecule has 2 amide bonds. The Kier molecular flexibility index (Phi) is 3.93. The zero-order chi connectivity index (χ0) is 19.3. The van der Waals surface area contributed by atoms with Gasteiger partial charge in [0.05, 0.1) is 18.6 Å². The Bertz CT molecular complexity index is 930. The van der Waals surface area contributed by atoms with Crippen molar-refractivity contribution in [1.82, 2.24) is 9.80 Å². The largest absolute Gasteiger partial charge is 0.447 e. The smallest absolute Gasteiger partial charge is 0.411 e. The topological polar surface area (TPSA) is 66.9 Å². The summed E-state index contributed by atoms with van der Waals surface area (Å²) in [7, 11) is 0. The summed E-state index contributed by atoms with van der Waals surface area (Å²) in [6, 6.07) is 18.2. The highest BCUT2D eigenvalue weighted by molar-refractivity contribution is 6.02. The van der Waals surface area contributed by atoms with Gasteiger partial charge in [0, 0.05) is 5.92 Å². The van der Waals surface area contributed by atoms with E-state index in [0.29, 0.717) is 6.42 Å². The predicted octanol–water partition coefficient (Wildman–Crippen LogP) is 2.20. The minimum Gasteiger partial charge on any atom is -0.447 e. The maximum Gasteiger partial charge on any atom is 0.411 e. The number of fused-ring (bicyclic) bond motifs is 1. The highest BCUT2D eigenvalue weighted by Crippen LogP contribution is 2.42. The van der Waals surface area contributed by atoms with Crippen LogP contribution in [0.1, 0.15) is 17.2 Å². The molecule has 3 aliphatic rings. The van der Waals surface area contributed by atoms with Crippen LogP contribution < -0.4 is 0 Å². The lowest BCUT2D eigenvalue weighted by molar-refractivity contribution is -0.155. The number of hydrogen-bond acceptors (Lipinski definition) is 4. The molecule has 6 heteroatoms. The summed E-state index contributed by atoms with van der Waals surface area (Å²) in [5.74, 6) is -0.392. The summed E-state index contributed by atoms with van der Waals surface area (Å²) < 4.78 is 5.30. The summed E-state index contributed by atoms with van der Waals surface area (Å²) in [6.45, 7) is 0.354. The first-order valence-electron chi connectivity index (χ1n) is 9.52. The molecule has 0 unspecified atom stereocenters. The average molecular weight is 376 g/mol. The molecule has 3 aliphatic heterocycles. The molecule has 5 rings (SSSR count). The van der Waals surface area contributed by atoms with Gasteiger partial charge >= 0.3 is 6.09 Å². The van der Waals surface area contributed by atoms with Crippen LogP contribution in [-0.4, -0.2) is 52.8 Å². The highest BCUT2D eigenvalue weighted by atomic mass is 16.6. The number of β-lactam (4-membered cyclic amide) rings is 1. The van der Waals surface area contributed by atoms with Gasteiger partial charge in [0.2, 0.25) is 5.91 Å². The molecule has 6 nitrogen and oxygen atoms in total. The fourth-order valence-electron chi connectivity index (χ4n) is 4.71. The second-order valence-electron chi connectivity index (χ2n) is 7.57. The molecule has 0 bridgehead atoms. The molecule has 142 valence electrons. The zero-order valence-corrected chi connectivity index (χ0v) is 15.2. The van der Waals surface area contributed by atoms with Crippen LogP contribution in [0.2, 0.25) is 0 Å². The van der Waals surface area contributed by atoms with E-state index < -0.39 is 12.1 Å². The molecule has 0 saturated carbocycles. The van der Waals surface area contributed by atoms with Crippen LogP contribution in [0.5, 0.6) is 0 Å². The molecule has 2 aromatic rings. The molecule has 2 aromatic carbocycles. The van der Waals surface area contributed by atoms with Crippen LogP contribution in [0.4, 0.5) is 4.79 Å². The molecular weight excluding hydrogens is 356 g/mol. The number of Topliss-reactive ketones (excluding diaryl/α,β-unsaturated/α-hetero) is 1. The van der Waals surface area contributed by atoms with Gasteiger partial charge in [-0.1, -0.05) is 60.7 Å². The van der Waals surface area contributed by atoms with E-state index in [1.165, 1.54) is 0 Å². The Morgan fingerprint density at radius 3 is 2.32 bits per heavy atom. The lowest BCUT2D eigenvalue weighted by atomic mass is 9.82. The third kappa shape index (κ3) is 2.52. The molecule has 28 heavy (non-hydrogen) atoms. The number of amides is 2. The van der Waals surface area contributed by atoms with E-state index >= 15 is 0 Å². The van der Waals surface area contributed by atoms with Crippen LogP contribution in [0.15, 0.2) is 60.7 Å². The molecule has 3 fully saturated rings. The van der Waals surface area contributed by atoms with Gasteiger partial charge in [0.15, 0.2) is 5.78 Å². The van der Waals surface area contributed by atoms with Crippen molar-refractivity contribution in [3.63, 3.8) is 0 Å². The molecule has 0 aliphatic carbocycles. The second kappa shape index (κ2) is 6.48. The number of carbonyl (C=O) groups is 3. The Morgan fingerprint density at radius 1 is 0.929 bits per heavy atom. The number of ether oxygens (including phenoxy) is 1. The van der Waals surface area contributed by atoms with Gasteiger partial charge < -0.3 is 9.64 Å². The normalized spacial score (nSPS) is 28.9. The summed E-state index contributed by atoms with van der Waals surface area (Å²) in [5, 5.41) is 0. The van der Waals surface area contributed by atoms with Crippen LogP contribution in [-0.2, 0) is 20.7 Å². The monoisotopic (exact) mass is 376 g/mol. The average Bonchev–Trinajstić information content (AvgIpc) is 3.23. The minimum atomic E-state index is -0.639. The number of hydrogen-bond donors (Lipinski definition) is 0. The van der Waals surface area contributed by atoms with Crippen molar-refractivity contribution in [1.29, 1.82) is 0 Å². The second-order valence-corrected chi connectivity index (χ2v) is 7.57. The highest BCUT2D eigenvalue weighted by Gasteiger charge is 2.63. The number of ketones is 1. The first kappa shape index (κ1) is 17.0. The SMILES string of the molecule is O=C1CN2C(=O)[C@@H](N3C(=O)OC[C@@H]3c3ccccc3)[C@H]2[C@H]1Cc1ccccc1. The quantitative estimate of drug-likeness (QED) is 0.768. The van der Waals surface area contributed by atoms with Gasteiger partial charge in [-0.3, -0.25) is 14.5 Å². The predicted molar refractivity (Wildman–Crippen MR) is 100 cm³/mol. The van der Waals surface area contributed by atoms with Crippen molar-refractivity contribution in [2.75, 3.05) is 13.2 Å². The molecular formula is C22H20N2O4. The number of benzene rings is 2. The van der Waals surface area contributed by atoms with E-state index in [1.807, 2.05) is 60.7 Å². The van der Waals surface area contributed by atoms with Gasteiger partial charge in [-0.05, 0) is 17.5 Å². The van der Waals surface area contributed by atoms with E-state index in [2.05, 4.69) is 0 Å². The van der Waals surface area contributed by atoms with E-state index in [4.69, 9.17) is 4.74 Å². The van der Waals surface area contributed by atoms with Gasteiger partial charge in [0.1, 0.15) is 12.6 Å². The summed E-state index contributed by atoms with van der Waals surface area (Å²) in [6.07, 6.45) is 0.0911. The first-order valence-corrected chi connectivity index (χ1v) is 9.52. The van der Waals surface area contributed by atoms with Crippen LogP contribution >= 0.6 is 0 Å². The Morgan fingerprint density at radius 2 is 1.61 bits per heavy atom. The standard InChI is InChI=1S/C22H20N2O4/c25-18-12-23-19(16(18)11-14-7-3-1-4-8-14)20(21(23)26)24-17(13-28-22(24)27)15-9-5-2-6-10-15/h1-10,16-17,19-20H,11-13H2/t16-,17+,19+,20-/m0/s1. The Hall–Kier alpha value is -3.15. The van der Waals surface area contributed by atoms with E-state index in [0.717, 1.165) is 11.1 Å². The number of cyclic esters (lactones) is 1. The Balaban J connectivity index is 1.45. The summed E-state index contributed by atoms with van der Waals surface area (Å²) in [4.78, 5) is 41.2. The fourth-order valence-corrected chi connectivity index (χ4v) is 4.71. The molecule has 4 atom stereocenters. The van der Waals surface area contributed by atoms with E-state index in [-0.39, 0.29) is 42.8 Å². The van der Waals surface area contributed by atoms with Crippen LogP contribution in [0.3, 0.4) is 0 Å². The van der Waals surface area contributed by atoms with Crippen molar-refractivity contribution in [2.24, 2.45) is 5.92 Å². The molecule has 0 aromatic heterocycles. The van der Waals surface area contributed by atoms with Gasteiger partial charge in [-0.25, -0.2) is 4.79 Å². The fraction of sp³-hybridized carbons (Fsp3) is 0.318. The minimum absolute atomic E-state index is 0.0635. The van der Waals surface area contributed by atoms with Crippen molar-refractivity contribution in [3.05, 3.63) is 71.8 Å². The lowest BCUT2D eigenvalue weighted by Gasteiger charge is -2.48. The number of rotatable bonds is 4. The molecule has 0 radical (unpaired) electrons. The summed E-state index contributed by atoms with van der Waals surface area (Å²) >= 11 is 0. The number of carbonyl (C=O) groups excluding carboxylic acids is 3. The van der Waals surface area contributed by atoms with Gasteiger partial charge in [0.25, 0.3) is 0 Å². The van der Waals surface area contributed by atoms with Crippen LogP contribution in [0, 0.1) is 5.92 Å². The zero-order valence-electron chi connectivity index (χ0n) is 15.2. The van der Waals surface area contributed by atoms with Gasteiger partial charge in [-0.2, -0.15) is 0 Å². The lowest BCUT2D eigenvalue weighted by Crippen LogP contribution is -2.70. The molecule has 3 saturated heterocycles. The van der Waals surface area contributed by atoms with Crippen molar-refractivity contribution >= 4 is 17.8 Å². The number of nitrogens with zero attached hydrogens (tertiary/aromatic N) is 2. The molecule has 0 N–H and O–H groups in total.